The number of alkyl carbamates (subject to hydrolysis) is 1. The van der Waals surface area contributed by atoms with Gasteiger partial charge in [0.1, 0.15) is 12.4 Å². The third-order valence-electron chi connectivity index (χ3n) is 2.07. The molecule has 1 aromatic carbocycles. The molecule has 0 aliphatic carbocycles. The van der Waals surface area contributed by atoms with E-state index in [1.165, 1.54) is 0 Å². The summed E-state index contributed by atoms with van der Waals surface area (Å²) in [5.74, 6) is 1.06. The minimum atomic E-state index is -0.412. The highest BCUT2D eigenvalue weighted by Gasteiger charge is 2.02. The molecule has 5 nitrogen and oxygen atoms in total. The van der Waals surface area contributed by atoms with Crippen LogP contribution in [0.2, 0.25) is 0 Å². The Morgan fingerprint density at radius 1 is 1.33 bits per heavy atom. The van der Waals surface area contributed by atoms with E-state index in [-0.39, 0.29) is 0 Å². The molecule has 1 aromatic rings. The van der Waals surface area contributed by atoms with Crippen LogP contribution in [0.25, 0.3) is 0 Å². The summed E-state index contributed by atoms with van der Waals surface area (Å²) >= 11 is 0. The summed E-state index contributed by atoms with van der Waals surface area (Å²) in [4.78, 5) is 11.2. The minimum absolute atomic E-state index is 0.335. The molecule has 1 amide bonds. The lowest BCUT2D eigenvalue weighted by atomic mass is 10.2. The molecule has 0 unspecified atom stereocenters. The summed E-state index contributed by atoms with van der Waals surface area (Å²) in [6.07, 6.45) is -0.412. The van der Waals surface area contributed by atoms with E-state index in [0.29, 0.717) is 31.4 Å². The van der Waals surface area contributed by atoms with Gasteiger partial charge in [-0.15, -0.1) is 0 Å². The number of anilines is 1. The Balaban J connectivity index is 2.11. The zero-order chi connectivity index (χ0) is 13.4. The summed E-state index contributed by atoms with van der Waals surface area (Å²) in [5.41, 5.74) is 6.24. The number of nitrogens with one attached hydrogen (secondary N) is 1. The molecule has 0 radical (unpaired) electrons. The topological polar surface area (TPSA) is 73.6 Å². The average Bonchev–Trinajstić information content (AvgIpc) is 2.34. The third-order valence-corrected chi connectivity index (χ3v) is 2.07. The molecule has 0 aliphatic heterocycles. The maximum atomic E-state index is 11.2. The molecule has 100 valence electrons. The van der Waals surface area contributed by atoms with Crippen molar-refractivity contribution in [2.24, 2.45) is 5.92 Å². The van der Waals surface area contributed by atoms with Crippen LogP contribution in [0, 0.1) is 5.92 Å². The number of hydrogen-bond acceptors (Lipinski definition) is 4. The van der Waals surface area contributed by atoms with Crippen molar-refractivity contribution in [3.05, 3.63) is 24.3 Å². The van der Waals surface area contributed by atoms with Crippen LogP contribution in [0.15, 0.2) is 24.3 Å². The molecule has 18 heavy (non-hydrogen) atoms. The largest absolute Gasteiger partial charge is 0.492 e. The van der Waals surface area contributed by atoms with E-state index in [1.54, 1.807) is 24.3 Å². The Morgan fingerprint density at radius 3 is 2.61 bits per heavy atom. The van der Waals surface area contributed by atoms with E-state index in [2.05, 4.69) is 5.32 Å². The van der Waals surface area contributed by atoms with Crippen molar-refractivity contribution in [2.45, 2.75) is 13.8 Å². The van der Waals surface area contributed by atoms with E-state index in [0.717, 1.165) is 5.75 Å². The van der Waals surface area contributed by atoms with E-state index in [4.69, 9.17) is 15.2 Å². The van der Waals surface area contributed by atoms with Gasteiger partial charge in [0.05, 0.1) is 13.2 Å². The van der Waals surface area contributed by atoms with Gasteiger partial charge in [0.25, 0.3) is 0 Å². The van der Waals surface area contributed by atoms with Crippen molar-refractivity contribution in [1.82, 2.24) is 5.32 Å². The Kier molecular flexibility index (Phi) is 5.84. The number of amides is 1. The number of rotatable bonds is 6. The molecular weight excluding hydrogens is 232 g/mol. The summed E-state index contributed by atoms with van der Waals surface area (Å²) in [6.45, 7) is 5.18. The molecule has 0 heterocycles. The monoisotopic (exact) mass is 252 g/mol. The highest BCUT2D eigenvalue weighted by molar-refractivity contribution is 5.67. The molecule has 0 saturated heterocycles. The molecule has 1 rings (SSSR count). The fourth-order valence-corrected chi connectivity index (χ4v) is 1.18. The predicted octanol–water partition coefficient (Wildman–Crippen LogP) is 2.03. The zero-order valence-corrected chi connectivity index (χ0v) is 10.8. The van der Waals surface area contributed by atoms with Gasteiger partial charge in [0.15, 0.2) is 0 Å². The van der Waals surface area contributed by atoms with Crippen LogP contribution in [-0.2, 0) is 4.74 Å². The van der Waals surface area contributed by atoms with Crippen molar-refractivity contribution in [1.29, 1.82) is 0 Å². The summed E-state index contributed by atoms with van der Waals surface area (Å²) in [7, 11) is 0. The van der Waals surface area contributed by atoms with Gasteiger partial charge in [0, 0.05) is 5.69 Å². The average molecular weight is 252 g/mol. The number of nitrogens with two attached hydrogens (primary N) is 1. The second-order valence-corrected chi connectivity index (χ2v) is 4.34. The van der Waals surface area contributed by atoms with Gasteiger partial charge in [-0.1, -0.05) is 13.8 Å². The number of hydrogen-bond donors (Lipinski definition) is 2. The molecule has 0 fully saturated rings. The van der Waals surface area contributed by atoms with Gasteiger partial charge in [-0.25, -0.2) is 4.79 Å². The fraction of sp³-hybridized carbons (Fsp3) is 0.462. The predicted molar refractivity (Wildman–Crippen MR) is 70.5 cm³/mol. The first kappa shape index (κ1) is 14.2. The normalized spacial score (nSPS) is 10.2. The molecule has 0 aromatic heterocycles. The second kappa shape index (κ2) is 7.42. The minimum Gasteiger partial charge on any atom is -0.492 e. The van der Waals surface area contributed by atoms with Crippen LogP contribution in [0.4, 0.5) is 10.5 Å². The number of benzene rings is 1. The first-order valence-electron chi connectivity index (χ1n) is 5.97. The Hall–Kier alpha value is -1.91. The smallest absolute Gasteiger partial charge is 0.407 e. The van der Waals surface area contributed by atoms with Crippen LogP contribution in [0.5, 0.6) is 5.75 Å². The third kappa shape index (κ3) is 5.98. The second-order valence-electron chi connectivity index (χ2n) is 4.34. The molecule has 3 N–H and O–H groups in total. The highest BCUT2D eigenvalue weighted by Crippen LogP contribution is 2.12. The van der Waals surface area contributed by atoms with E-state index in [9.17, 15) is 4.79 Å². The molecule has 0 bridgehead atoms. The van der Waals surface area contributed by atoms with Crippen LogP contribution in [0.1, 0.15) is 13.8 Å². The summed E-state index contributed by atoms with van der Waals surface area (Å²) < 4.78 is 10.4. The maximum absolute atomic E-state index is 11.2. The molecule has 5 heteroatoms. The van der Waals surface area contributed by atoms with Gasteiger partial charge in [-0.3, -0.25) is 0 Å². The van der Waals surface area contributed by atoms with Gasteiger partial charge >= 0.3 is 6.09 Å². The van der Waals surface area contributed by atoms with Crippen molar-refractivity contribution in [2.75, 3.05) is 25.5 Å². The standard InChI is InChI=1S/C13H20N2O3/c1-10(2)9-18-13(16)15-7-8-17-12-5-3-11(14)4-6-12/h3-6,10H,7-9,14H2,1-2H3,(H,15,16). The molecule has 0 saturated carbocycles. The summed E-state index contributed by atoms with van der Waals surface area (Å²) in [5, 5.41) is 2.61. The van der Waals surface area contributed by atoms with E-state index < -0.39 is 6.09 Å². The lowest BCUT2D eigenvalue weighted by molar-refractivity contribution is 0.131. The van der Waals surface area contributed by atoms with Crippen molar-refractivity contribution < 1.29 is 14.3 Å². The lowest BCUT2D eigenvalue weighted by Crippen LogP contribution is -2.29. The fourth-order valence-electron chi connectivity index (χ4n) is 1.18. The van der Waals surface area contributed by atoms with Gasteiger partial charge in [-0.2, -0.15) is 0 Å². The first-order chi connectivity index (χ1) is 8.58. The van der Waals surface area contributed by atoms with Gasteiger partial charge < -0.3 is 20.5 Å². The number of ether oxygens (including phenoxy) is 2. The van der Waals surface area contributed by atoms with Crippen LogP contribution < -0.4 is 15.8 Å². The van der Waals surface area contributed by atoms with Crippen molar-refractivity contribution in [3.8, 4) is 5.75 Å². The number of nitrogen functional groups attached to an aromatic ring is 1. The molecule has 0 spiro atoms. The number of carbonyl (C=O) groups excluding carboxylic acids is 1. The van der Waals surface area contributed by atoms with Gasteiger partial charge in [0.2, 0.25) is 0 Å². The summed E-state index contributed by atoms with van der Waals surface area (Å²) in [6, 6.07) is 7.10. The van der Waals surface area contributed by atoms with Crippen molar-refractivity contribution >= 4 is 11.8 Å². The lowest BCUT2D eigenvalue weighted by Gasteiger charge is -2.09. The van der Waals surface area contributed by atoms with Crippen molar-refractivity contribution in [3.63, 3.8) is 0 Å². The van der Waals surface area contributed by atoms with Crippen LogP contribution in [0.3, 0.4) is 0 Å². The Morgan fingerprint density at radius 2 is 2.00 bits per heavy atom. The quantitative estimate of drug-likeness (QED) is 0.600. The van der Waals surface area contributed by atoms with E-state index >= 15 is 0 Å². The Labute approximate surface area is 107 Å². The molecule has 0 atom stereocenters. The molecule has 0 aliphatic rings. The SMILES string of the molecule is CC(C)COC(=O)NCCOc1ccc(N)cc1. The van der Waals surface area contributed by atoms with Crippen LogP contribution in [-0.4, -0.2) is 25.9 Å². The maximum Gasteiger partial charge on any atom is 0.407 e. The highest BCUT2D eigenvalue weighted by atomic mass is 16.5. The molecular formula is C13H20N2O3. The Bertz CT molecular complexity index is 363. The number of carbonyl (C=O) groups is 1. The van der Waals surface area contributed by atoms with Gasteiger partial charge in [-0.05, 0) is 30.2 Å². The van der Waals surface area contributed by atoms with E-state index in [1.807, 2.05) is 13.8 Å². The first-order valence-corrected chi connectivity index (χ1v) is 5.97. The van der Waals surface area contributed by atoms with Crippen LogP contribution >= 0.6 is 0 Å². The zero-order valence-electron chi connectivity index (χ0n) is 10.8.